The van der Waals surface area contributed by atoms with Gasteiger partial charge in [-0.2, -0.15) is 0 Å². The summed E-state index contributed by atoms with van der Waals surface area (Å²) in [5.74, 6) is -1.07. The van der Waals surface area contributed by atoms with E-state index < -0.39 is 11.9 Å². The molecule has 0 heterocycles. The summed E-state index contributed by atoms with van der Waals surface area (Å²) >= 11 is 12.4. The molecule has 0 aliphatic heterocycles. The maximum atomic E-state index is 14.2. The number of hydrogen-bond donors (Lipinski definition) is 1. The second-order valence-corrected chi connectivity index (χ2v) is 7.62. The molecule has 0 unspecified atom stereocenters. The number of halogens is 3. The van der Waals surface area contributed by atoms with E-state index in [1.165, 1.54) is 11.0 Å². The summed E-state index contributed by atoms with van der Waals surface area (Å²) in [6, 6.07) is 10.4. The maximum Gasteiger partial charge on any atom is 0.242 e. The molecule has 0 saturated heterocycles. The number of unbranched alkanes of at least 4 members (excludes halogenated alkanes) is 1. The number of carbonyl (C=O) groups excluding carboxylic acids is 2. The first kappa shape index (κ1) is 23.2. The van der Waals surface area contributed by atoms with Crippen molar-refractivity contribution in [2.24, 2.45) is 0 Å². The fraction of sp³-hybridized carbons (Fsp3) is 0.364. The van der Waals surface area contributed by atoms with E-state index >= 15 is 0 Å². The highest BCUT2D eigenvalue weighted by molar-refractivity contribution is 6.36. The van der Waals surface area contributed by atoms with Gasteiger partial charge in [0.25, 0.3) is 0 Å². The molecule has 0 bridgehead atoms. The Balaban J connectivity index is 2.26. The van der Waals surface area contributed by atoms with Crippen LogP contribution in [0.25, 0.3) is 0 Å². The third kappa shape index (κ3) is 6.44. The van der Waals surface area contributed by atoms with Crippen LogP contribution in [0, 0.1) is 5.82 Å². The second kappa shape index (κ2) is 11.2. The maximum absolute atomic E-state index is 14.2. The first-order valence-electron chi connectivity index (χ1n) is 9.58. The average Bonchev–Trinajstić information content (AvgIpc) is 2.69. The van der Waals surface area contributed by atoms with Gasteiger partial charge in [0.05, 0.1) is 6.42 Å². The van der Waals surface area contributed by atoms with Crippen LogP contribution in [-0.2, 0) is 22.6 Å². The second-order valence-electron chi connectivity index (χ2n) is 6.81. The highest BCUT2D eigenvalue weighted by Crippen LogP contribution is 2.26. The highest BCUT2D eigenvalue weighted by atomic mass is 35.5. The van der Waals surface area contributed by atoms with E-state index in [2.05, 4.69) is 5.32 Å². The molecular formula is C22H25Cl2FN2O2. The molecule has 0 fully saturated rings. The fourth-order valence-corrected chi connectivity index (χ4v) is 3.41. The van der Waals surface area contributed by atoms with Crippen molar-refractivity contribution in [2.45, 2.75) is 45.7 Å². The lowest BCUT2D eigenvalue weighted by Gasteiger charge is -2.29. The SMILES string of the molecule is CCCCNC(=O)[C@H](C)N(Cc1ccccc1F)C(=O)Cc1c(Cl)cccc1Cl. The molecule has 2 aromatic carbocycles. The lowest BCUT2D eigenvalue weighted by atomic mass is 10.1. The molecule has 0 aliphatic carbocycles. The van der Waals surface area contributed by atoms with Gasteiger partial charge in [-0.05, 0) is 37.1 Å². The number of hydrogen-bond acceptors (Lipinski definition) is 2. The molecule has 1 atom stereocenters. The topological polar surface area (TPSA) is 49.4 Å². The van der Waals surface area contributed by atoms with E-state index in [4.69, 9.17) is 23.2 Å². The van der Waals surface area contributed by atoms with Crippen LogP contribution in [0.5, 0.6) is 0 Å². The molecule has 0 aromatic heterocycles. The first-order valence-corrected chi connectivity index (χ1v) is 10.3. The van der Waals surface area contributed by atoms with Gasteiger partial charge < -0.3 is 10.2 Å². The third-order valence-corrected chi connectivity index (χ3v) is 5.39. The lowest BCUT2D eigenvalue weighted by molar-refractivity contribution is -0.140. The molecule has 0 spiro atoms. The van der Waals surface area contributed by atoms with Gasteiger partial charge in [-0.25, -0.2) is 4.39 Å². The van der Waals surface area contributed by atoms with Crippen molar-refractivity contribution in [1.29, 1.82) is 0 Å². The predicted molar refractivity (Wildman–Crippen MR) is 114 cm³/mol. The van der Waals surface area contributed by atoms with Crippen molar-refractivity contribution in [3.63, 3.8) is 0 Å². The number of nitrogens with one attached hydrogen (secondary N) is 1. The molecule has 2 amide bonds. The highest BCUT2D eigenvalue weighted by Gasteiger charge is 2.27. The summed E-state index contributed by atoms with van der Waals surface area (Å²) in [6.07, 6.45) is 1.70. The Kier molecular flexibility index (Phi) is 8.93. The van der Waals surface area contributed by atoms with Crippen LogP contribution in [0.4, 0.5) is 4.39 Å². The summed E-state index contributed by atoms with van der Waals surface area (Å²) in [7, 11) is 0. The van der Waals surface area contributed by atoms with Crippen LogP contribution < -0.4 is 5.32 Å². The zero-order valence-electron chi connectivity index (χ0n) is 16.6. The number of rotatable bonds is 9. The summed E-state index contributed by atoms with van der Waals surface area (Å²) in [4.78, 5) is 27.0. The van der Waals surface area contributed by atoms with Crippen molar-refractivity contribution in [2.75, 3.05) is 6.54 Å². The molecule has 0 radical (unpaired) electrons. The van der Waals surface area contributed by atoms with E-state index in [9.17, 15) is 14.0 Å². The molecule has 29 heavy (non-hydrogen) atoms. The minimum atomic E-state index is -0.778. The molecule has 0 aliphatic rings. The van der Waals surface area contributed by atoms with Crippen molar-refractivity contribution in [3.05, 3.63) is 69.5 Å². The summed E-state index contributed by atoms with van der Waals surface area (Å²) in [6.45, 7) is 4.15. The van der Waals surface area contributed by atoms with Crippen molar-refractivity contribution < 1.29 is 14.0 Å². The van der Waals surface area contributed by atoms with E-state index in [0.29, 0.717) is 27.7 Å². The molecule has 4 nitrogen and oxygen atoms in total. The molecule has 2 rings (SSSR count). The Hall–Kier alpha value is -2.11. The van der Waals surface area contributed by atoms with E-state index in [-0.39, 0.29) is 24.8 Å². The van der Waals surface area contributed by atoms with Crippen LogP contribution in [0.3, 0.4) is 0 Å². The zero-order valence-corrected chi connectivity index (χ0v) is 18.1. The van der Waals surface area contributed by atoms with Gasteiger partial charge in [0.2, 0.25) is 11.8 Å². The molecule has 156 valence electrons. The number of amides is 2. The smallest absolute Gasteiger partial charge is 0.242 e. The average molecular weight is 439 g/mol. The normalized spacial score (nSPS) is 11.8. The van der Waals surface area contributed by atoms with Gasteiger partial charge in [-0.1, -0.05) is 60.8 Å². The third-order valence-electron chi connectivity index (χ3n) is 4.69. The van der Waals surface area contributed by atoms with Gasteiger partial charge in [-0.3, -0.25) is 9.59 Å². The predicted octanol–water partition coefficient (Wildman–Crippen LogP) is 5.01. The van der Waals surface area contributed by atoms with Crippen LogP contribution in [0.2, 0.25) is 10.0 Å². The molecule has 0 saturated carbocycles. The van der Waals surface area contributed by atoms with Gasteiger partial charge in [0.15, 0.2) is 0 Å². The van der Waals surface area contributed by atoms with Crippen molar-refractivity contribution in [1.82, 2.24) is 10.2 Å². The number of benzene rings is 2. The van der Waals surface area contributed by atoms with Crippen LogP contribution in [0.1, 0.15) is 37.8 Å². The van der Waals surface area contributed by atoms with Crippen molar-refractivity contribution in [3.8, 4) is 0 Å². The Labute approximate surface area is 181 Å². The zero-order chi connectivity index (χ0) is 21.4. The first-order chi connectivity index (χ1) is 13.8. The largest absolute Gasteiger partial charge is 0.354 e. The fourth-order valence-electron chi connectivity index (χ4n) is 2.88. The van der Waals surface area contributed by atoms with Gasteiger partial charge >= 0.3 is 0 Å². The molecular weight excluding hydrogens is 414 g/mol. The number of nitrogens with zero attached hydrogens (tertiary/aromatic N) is 1. The number of carbonyl (C=O) groups is 2. The van der Waals surface area contributed by atoms with E-state index in [1.807, 2.05) is 6.92 Å². The monoisotopic (exact) mass is 438 g/mol. The standard InChI is InChI=1S/C22H25Cl2FN2O2/c1-3-4-12-26-22(29)15(2)27(14-16-8-5-6-11-20(16)25)21(28)13-17-18(23)9-7-10-19(17)24/h5-11,15H,3-4,12-14H2,1-2H3,(H,26,29)/t15-/m0/s1. The van der Waals surface area contributed by atoms with Crippen LogP contribution in [-0.4, -0.2) is 29.3 Å². The lowest BCUT2D eigenvalue weighted by Crippen LogP contribution is -2.48. The van der Waals surface area contributed by atoms with E-state index in [0.717, 1.165) is 12.8 Å². The Morgan fingerprint density at radius 3 is 2.38 bits per heavy atom. The van der Waals surface area contributed by atoms with Crippen LogP contribution >= 0.6 is 23.2 Å². The Bertz CT molecular complexity index is 840. The minimum Gasteiger partial charge on any atom is -0.354 e. The van der Waals surface area contributed by atoms with E-state index in [1.54, 1.807) is 43.3 Å². The van der Waals surface area contributed by atoms with Gasteiger partial charge in [0.1, 0.15) is 11.9 Å². The summed E-state index contributed by atoms with van der Waals surface area (Å²) in [5, 5.41) is 3.57. The quantitative estimate of drug-likeness (QED) is 0.559. The molecule has 2 aromatic rings. The summed E-state index contributed by atoms with van der Waals surface area (Å²) in [5.41, 5.74) is 0.817. The summed E-state index contributed by atoms with van der Waals surface area (Å²) < 4.78 is 14.2. The van der Waals surface area contributed by atoms with Crippen molar-refractivity contribution >= 4 is 35.0 Å². The molecule has 1 N–H and O–H groups in total. The minimum absolute atomic E-state index is 0.0318. The Morgan fingerprint density at radius 1 is 1.10 bits per heavy atom. The molecule has 7 heteroatoms. The van der Waals surface area contributed by atoms with Gasteiger partial charge in [-0.15, -0.1) is 0 Å². The van der Waals surface area contributed by atoms with Crippen LogP contribution in [0.15, 0.2) is 42.5 Å². The van der Waals surface area contributed by atoms with Gasteiger partial charge in [0, 0.05) is 28.7 Å². The Morgan fingerprint density at radius 2 is 1.76 bits per heavy atom.